The molecule has 1 fully saturated rings. The molecule has 9 heteroatoms. The molecule has 0 aliphatic carbocycles. The number of fused-ring (bicyclic) bond motifs is 1. The molecule has 5 rings (SSSR count). The summed E-state index contributed by atoms with van der Waals surface area (Å²) in [6.45, 7) is 2.05. The summed E-state index contributed by atoms with van der Waals surface area (Å²) >= 11 is 0. The zero-order valence-electron chi connectivity index (χ0n) is 19.2. The Bertz CT molecular complexity index is 1180. The molecular formula is C24H28N6O3. The maximum atomic E-state index is 13.2. The molecule has 0 bridgehead atoms. The smallest absolute Gasteiger partial charge is 0.276 e. The van der Waals surface area contributed by atoms with Gasteiger partial charge >= 0.3 is 0 Å². The standard InChI is InChI=1S/C24H28N6O3/c1-25-22-17-9-11-30(14-19(17)26-23(27-22)20-8-5-10-29(20)2)24(31)18-13-21(33-28-18)15-6-4-7-16(12-15)32-3/h4,6-7,12-13,20H,5,8-11,14H2,1-3H3,(H,25,26,27)/t20-/m1/s1. The van der Waals surface area contributed by atoms with Crippen molar-refractivity contribution in [3.8, 4) is 17.1 Å². The first-order chi connectivity index (χ1) is 16.1. The Kier molecular flexibility index (Phi) is 5.72. The van der Waals surface area contributed by atoms with Gasteiger partial charge in [0, 0.05) is 30.8 Å². The second kappa shape index (κ2) is 8.82. The monoisotopic (exact) mass is 448 g/mol. The van der Waals surface area contributed by atoms with Crippen LogP contribution in [0.25, 0.3) is 11.3 Å². The summed E-state index contributed by atoms with van der Waals surface area (Å²) in [6.07, 6.45) is 2.88. The lowest BCUT2D eigenvalue weighted by Gasteiger charge is -2.29. The van der Waals surface area contributed by atoms with E-state index in [9.17, 15) is 4.79 Å². The van der Waals surface area contributed by atoms with Gasteiger partial charge in [0.2, 0.25) is 0 Å². The van der Waals surface area contributed by atoms with Gasteiger partial charge in [0.05, 0.1) is 25.4 Å². The van der Waals surface area contributed by atoms with Crippen LogP contribution in [0.1, 0.15) is 46.5 Å². The lowest BCUT2D eigenvalue weighted by Crippen LogP contribution is -2.37. The summed E-state index contributed by atoms with van der Waals surface area (Å²) in [4.78, 5) is 27.0. The molecule has 0 spiro atoms. The number of carbonyl (C=O) groups is 1. The Labute approximate surface area is 192 Å². The van der Waals surface area contributed by atoms with Crippen molar-refractivity contribution in [2.45, 2.75) is 31.8 Å². The minimum absolute atomic E-state index is 0.164. The van der Waals surface area contributed by atoms with Gasteiger partial charge in [-0.15, -0.1) is 0 Å². The van der Waals surface area contributed by atoms with E-state index in [1.165, 1.54) is 0 Å². The number of ether oxygens (including phenoxy) is 1. The molecule has 0 unspecified atom stereocenters. The van der Waals surface area contributed by atoms with Crippen molar-refractivity contribution >= 4 is 11.7 Å². The predicted octanol–water partition coefficient (Wildman–Crippen LogP) is 3.15. The lowest BCUT2D eigenvalue weighted by atomic mass is 10.0. The first-order valence-corrected chi connectivity index (χ1v) is 11.3. The van der Waals surface area contributed by atoms with Crippen LogP contribution < -0.4 is 10.1 Å². The van der Waals surface area contributed by atoms with Crippen LogP contribution in [0.4, 0.5) is 5.82 Å². The van der Waals surface area contributed by atoms with Gasteiger partial charge in [-0.2, -0.15) is 0 Å². The highest BCUT2D eigenvalue weighted by Gasteiger charge is 2.31. The van der Waals surface area contributed by atoms with Crippen molar-refractivity contribution in [1.82, 2.24) is 24.9 Å². The summed E-state index contributed by atoms with van der Waals surface area (Å²) < 4.78 is 10.7. The summed E-state index contributed by atoms with van der Waals surface area (Å²) in [6, 6.07) is 9.38. The van der Waals surface area contributed by atoms with E-state index < -0.39 is 0 Å². The van der Waals surface area contributed by atoms with Gasteiger partial charge in [-0.1, -0.05) is 17.3 Å². The van der Waals surface area contributed by atoms with Crippen molar-refractivity contribution in [2.24, 2.45) is 0 Å². The fraction of sp³-hybridized carbons (Fsp3) is 0.417. The Hall–Kier alpha value is -3.46. The van der Waals surface area contributed by atoms with Crippen LogP contribution in [-0.2, 0) is 13.0 Å². The highest BCUT2D eigenvalue weighted by atomic mass is 16.5. The summed E-state index contributed by atoms with van der Waals surface area (Å²) in [5, 5.41) is 7.27. The Morgan fingerprint density at radius 2 is 2.12 bits per heavy atom. The average Bonchev–Trinajstić information content (AvgIpc) is 3.52. The zero-order chi connectivity index (χ0) is 22.9. The average molecular weight is 449 g/mol. The molecule has 172 valence electrons. The van der Waals surface area contributed by atoms with E-state index in [2.05, 4.69) is 22.4 Å². The topological polar surface area (TPSA) is 96.6 Å². The van der Waals surface area contributed by atoms with E-state index >= 15 is 0 Å². The van der Waals surface area contributed by atoms with Crippen molar-refractivity contribution in [1.29, 1.82) is 0 Å². The summed E-state index contributed by atoms with van der Waals surface area (Å²) in [7, 11) is 5.61. The van der Waals surface area contributed by atoms with Crippen molar-refractivity contribution in [3.05, 3.63) is 53.1 Å². The van der Waals surface area contributed by atoms with Gasteiger partial charge in [-0.3, -0.25) is 9.69 Å². The van der Waals surface area contributed by atoms with Crippen LogP contribution in [0.3, 0.4) is 0 Å². The quantitative estimate of drug-likeness (QED) is 0.636. The molecule has 0 saturated carbocycles. The molecule has 33 heavy (non-hydrogen) atoms. The first kappa shape index (κ1) is 21.4. The molecular weight excluding hydrogens is 420 g/mol. The fourth-order valence-electron chi connectivity index (χ4n) is 4.67. The van der Waals surface area contributed by atoms with E-state index in [-0.39, 0.29) is 17.6 Å². The Morgan fingerprint density at radius 1 is 1.24 bits per heavy atom. The molecule has 4 heterocycles. The van der Waals surface area contributed by atoms with Crippen molar-refractivity contribution < 1.29 is 14.1 Å². The van der Waals surface area contributed by atoms with Crippen molar-refractivity contribution in [3.63, 3.8) is 0 Å². The van der Waals surface area contributed by atoms with Gasteiger partial charge < -0.3 is 19.5 Å². The summed E-state index contributed by atoms with van der Waals surface area (Å²) in [5.74, 6) is 2.77. The summed E-state index contributed by atoms with van der Waals surface area (Å²) in [5.41, 5.74) is 3.08. The molecule has 2 aliphatic rings. The van der Waals surface area contributed by atoms with Gasteiger partial charge in [0.25, 0.3) is 5.91 Å². The second-order valence-corrected chi connectivity index (χ2v) is 8.53. The highest BCUT2D eigenvalue weighted by molar-refractivity contribution is 5.93. The number of nitrogens with zero attached hydrogens (tertiary/aromatic N) is 5. The number of hydrogen-bond donors (Lipinski definition) is 1. The largest absolute Gasteiger partial charge is 0.497 e. The van der Waals surface area contributed by atoms with Crippen LogP contribution in [-0.4, -0.2) is 65.1 Å². The molecule has 1 aromatic carbocycles. The van der Waals surface area contributed by atoms with Crippen molar-refractivity contribution in [2.75, 3.05) is 39.6 Å². The lowest BCUT2D eigenvalue weighted by molar-refractivity contribution is 0.0721. The van der Waals surface area contributed by atoms with Crippen LogP contribution in [0.5, 0.6) is 5.75 Å². The fourth-order valence-corrected chi connectivity index (χ4v) is 4.67. The molecule has 1 saturated heterocycles. The number of nitrogens with one attached hydrogen (secondary N) is 1. The highest BCUT2D eigenvalue weighted by Crippen LogP contribution is 2.32. The zero-order valence-corrected chi connectivity index (χ0v) is 19.2. The molecule has 9 nitrogen and oxygen atoms in total. The van der Waals surface area contributed by atoms with Gasteiger partial charge in [-0.05, 0) is 45.0 Å². The van der Waals surface area contributed by atoms with Crippen LogP contribution in [0.15, 0.2) is 34.9 Å². The third-order valence-corrected chi connectivity index (χ3v) is 6.51. The van der Waals surface area contributed by atoms with Gasteiger partial charge in [-0.25, -0.2) is 9.97 Å². The Morgan fingerprint density at radius 3 is 2.88 bits per heavy atom. The first-order valence-electron chi connectivity index (χ1n) is 11.3. The third-order valence-electron chi connectivity index (χ3n) is 6.51. The third kappa shape index (κ3) is 4.04. The van der Waals surface area contributed by atoms with E-state index in [0.29, 0.717) is 31.0 Å². The van der Waals surface area contributed by atoms with Gasteiger partial charge in [0.1, 0.15) is 17.4 Å². The second-order valence-electron chi connectivity index (χ2n) is 8.53. The minimum Gasteiger partial charge on any atom is -0.497 e. The van der Waals surface area contributed by atoms with Crippen LogP contribution in [0.2, 0.25) is 0 Å². The number of amides is 1. The molecule has 2 aromatic heterocycles. The SMILES string of the molecule is CNc1nc([C@H]2CCCN2C)nc2c1CCN(C(=O)c1cc(-c3cccc(OC)c3)on1)C2. The molecule has 3 aromatic rings. The van der Waals surface area contributed by atoms with E-state index in [0.717, 1.165) is 47.8 Å². The molecule has 2 aliphatic heterocycles. The molecule has 1 atom stereocenters. The molecule has 1 amide bonds. The van der Waals surface area contributed by atoms with E-state index in [1.54, 1.807) is 18.1 Å². The minimum atomic E-state index is -0.164. The van der Waals surface area contributed by atoms with E-state index in [1.807, 2.05) is 31.3 Å². The molecule has 0 radical (unpaired) electrons. The van der Waals surface area contributed by atoms with Gasteiger partial charge in [0.15, 0.2) is 11.5 Å². The number of likely N-dealkylation sites (tertiary alicyclic amines) is 1. The maximum absolute atomic E-state index is 13.2. The molecule has 1 N–H and O–H groups in total. The van der Waals surface area contributed by atoms with Crippen LogP contribution in [0, 0.1) is 0 Å². The number of rotatable bonds is 5. The van der Waals surface area contributed by atoms with Crippen LogP contribution >= 0.6 is 0 Å². The number of anilines is 1. The number of carbonyl (C=O) groups excluding carboxylic acids is 1. The maximum Gasteiger partial charge on any atom is 0.276 e. The number of hydrogen-bond acceptors (Lipinski definition) is 8. The van der Waals surface area contributed by atoms with E-state index in [4.69, 9.17) is 19.2 Å². The Balaban J connectivity index is 1.38. The number of benzene rings is 1. The number of aromatic nitrogens is 3. The normalized spacial score (nSPS) is 18.3. The predicted molar refractivity (Wildman–Crippen MR) is 123 cm³/mol. The number of methoxy groups -OCH3 is 1.